The Morgan fingerprint density at radius 1 is 0.847 bits per heavy atom. The molecule has 7 rings (SSSR count). The first-order valence-corrected chi connectivity index (χ1v) is 22.7. The van der Waals surface area contributed by atoms with Crippen molar-refractivity contribution in [3.63, 3.8) is 0 Å². The minimum atomic E-state index is -1.21. The van der Waals surface area contributed by atoms with E-state index in [9.17, 15) is 29.1 Å². The number of carbonyl (C=O) groups excluding carboxylic acids is 4. The number of carbonyl (C=O) groups is 5. The van der Waals surface area contributed by atoms with Gasteiger partial charge in [-0.3, -0.25) is 24.0 Å². The zero-order chi connectivity index (χ0) is 43.5. The zero-order valence-corrected chi connectivity index (χ0v) is 38.2. The Balaban J connectivity index is 1.12. The third-order valence-electron chi connectivity index (χ3n) is 18.1. The summed E-state index contributed by atoms with van der Waals surface area (Å²) in [5.74, 6) is -1.50. The normalized spacial score (nSPS) is 38.2. The molecule has 5 fully saturated rings. The van der Waals surface area contributed by atoms with Crippen LogP contribution in [0.4, 0.5) is 0 Å². The number of Topliss-reactive ketones (excluding diaryl/α,β-unsaturated/α-hetero) is 1. The quantitative estimate of drug-likeness (QED) is 0.211. The smallest absolute Gasteiger partial charge is 0.309 e. The van der Waals surface area contributed by atoms with Crippen LogP contribution in [0.2, 0.25) is 5.02 Å². The maximum absolute atomic E-state index is 14.4. The lowest BCUT2D eigenvalue weighted by Crippen LogP contribution is -2.68. The van der Waals surface area contributed by atoms with Crippen LogP contribution >= 0.6 is 11.6 Å². The number of aliphatic carboxylic acids is 1. The van der Waals surface area contributed by atoms with Crippen LogP contribution in [0.5, 0.6) is 0 Å². The highest BCUT2D eigenvalue weighted by Gasteiger charge is 2.71. The Hall–Kier alpha value is -3.20. The number of fused-ring (bicyclic) bond motifs is 7. The van der Waals surface area contributed by atoms with Crippen LogP contribution < -0.4 is 10.6 Å². The second-order valence-corrected chi connectivity index (χ2v) is 22.9. The molecule has 10 atom stereocenters. The molecular weight excluding hydrogens is 764 g/mol. The van der Waals surface area contributed by atoms with Gasteiger partial charge >= 0.3 is 11.9 Å². The number of carboxylic acids is 1. The molecule has 2 amide bonds. The first-order valence-electron chi connectivity index (χ1n) is 22.3. The van der Waals surface area contributed by atoms with E-state index in [4.69, 9.17) is 16.3 Å². The predicted molar refractivity (Wildman–Crippen MR) is 228 cm³/mol. The molecule has 0 unspecified atom stereocenters. The van der Waals surface area contributed by atoms with Gasteiger partial charge in [-0.15, -0.1) is 0 Å². The van der Waals surface area contributed by atoms with Crippen LogP contribution in [-0.2, 0) is 35.1 Å². The molecule has 0 aromatic heterocycles. The van der Waals surface area contributed by atoms with Gasteiger partial charge in [-0.05, 0) is 146 Å². The minimum absolute atomic E-state index is 0.0174. The number of esters is 1. The Kier molecular flexibility index (Phi) is 10.7. The van der Waals surface area contributed by atoms with Crippen molar-refractivity contribution in [2.75, 3.05) is 0 Å². The molecular formula is C49H69ClN2O7. The molecule has 5 saturated carbocycles. The van der Waals surface area contributed by atoms with E-state index < -0.39 is 34.3 Å². The lowest BCUT2D eigenvalue weighted by molar-refractivity contribution is -0.235. The highest BCUT2D eigenvalue weighted by Crippen LogP contribution is 2.76. The van der Waals surface area contributed by atoms with Gasteiger partial charge in [-0.2, -0.15) is 0 Å². The van der Waals surface area contributed by atoms with Crippen molar-refractivity contribution in [2.24, 2.45) is 62.6 Å². The molecule has 3 N–H and O–H groups in total. The molecule has 0 saturated heterocycles. The number of rotatable bonds is 9. The number of benzene rings is 1. The number of ether oxygens (including phenoxy) is 1. The van der Waals surface area contributed by atoms with E-state index in [1.807, 2.05) is 26.0 Å². The fourth-order valence-electron chi connectivity index (χ4n) is 14.5. The number of carboxylic acid groups (broad SMARTS) is 1. The third-order valence-corrected chi connectivity index (χ3v) is 18.4. The topological polar surface area (TPSA) is 139 Å². The Labute approximate surface area is 357 Å². The lowest BCUT2D eigenvalue weighted by Gasteiger charge is -2.72. The van der Waals surface area contributed by atoms with Gasteiger partial charge < -0.3 is 20.5 Å². The van der Waals surface area contributed by atoms with Crippen LogP contribution in [0.1, 0.15) is 146 Å². The molecule has 6 aliphatic rings. The van der Waals surface area contributed by atoms with Gasteiger partial charge in [-0.1, -0.05) is 86.0 Å². The number of hydrogen-bond donors (Lipinski definition) is 3. The summed E-state index contributed by atoms with van der Waals surface area (Å²) in [6.45, 7) is 23.5. The predicted octanol–water partition coefficient (Wildman–Crippen LogP) is 9.29. The molecule has 9 nitrogen and oxygen atoms in total. The van der Waals surface area contributed by atoms with Crippen LogP contribution in [0, 0.1) is 62.6 Å². The fourth-order valence-corrected chi connectivity index (χ4v) is 14.6. The van der Waals surface area contributed by atoms with Crippen LogP contribution in [0.3, 0.4) is 0 Å². The van der Waals surface area contributed by atoms with E-state index in [-0.39, 0.29) is 76.0 Å². The lowest BCUT2D eigenvalue weighted by atomic mass is 9.33. The van der Waals surface area contributed by atoms with Crippen LogP contribution in [0.25, 0.3) is 0 Å². The van der Waals surface area contributed by atoms with E-state index >= 15 is 0 Å². The summed E-state index contributed by atoms with van der Waals surface area (Å²) in [4.78, 5) is 67.2. The first kappa shape index (κ1) is 43.9. The van der Waals surface area contributed by atoms with Crippen LogP contribution in [-0.4, -0.2) is 51.8 Å². The number of allylic oxidation sites excluding steroid dienone is 1. The van der Waals surface area contributed by atoms with Crippen molar-refractivity contribution >= 4 is 41.1 Å². The minimum Gasteiger partial charge on any atom is -0.481 e. The SMILES string of the molecule is CC(C)C1=C2[C@H]3CC[C@@H]4[C@@]5(C)CC[C@H](OC(=O)[C@H]6C[C@@H](C(=O)O)C6(C)C)C(C)(C)[C@@H]5CC[C@@]4(C)[C@]3(C)CC[C@@]2(NC(=O)C(C)(C)NC(=O)Cc2ccc(Cl)cc2)CC1=O. The van der Waals surface area contributed by atoms with Crippen molar-refractivity contribution in [1.29, 1.82) is 0 Å². The number of ketones is 1. The summed E-state index contributed by atoms with van der Waals surface area (Å²) in [6.07, 6.45) is 7.81. The summed E-state index contributed by atoms with van der Waals surface area (Å²) in [6, 6.07) is 7.12. The Morgan fingerprint density at radius 2 is 1.51 bits per heavy atom. The standard InChI is InChI=1S/C49H69ClN2O7/c1-27(2)38-33(53)26-49(52-42(58)45(7,8)51-37(54)24-28-12-14-29(50)15-13-28)23-22-47(10)30(39(38)49)16-17-35-46(9)20-19-36(44(5,6)34(46)18-21-48(35,47)11)59-41(57)32-25-31(40(55)56)43(32,3)4/h12-15,27,30-32,34-36H,16-26H2,1-11H3,(H,51,54)(H,52,58)(H,55,56)/t30-,31+,32-,34+,35-,36+,46+,47-,48-,49-/m1/s1. The molecule has 0 bridgehead atoms. The average molecular weight is 834 g/mol. The number of halogens is 1. The maximum Gasteiger partial charge on any atom is 0.309 e. The monoisotopic (exact) mass is 832 g/mol. The van der Waals surface area contributed by atoms with Crippen molar-refractivity contribution in [3.8, 4) is 0 Å². The van der Waals surface area contributed by atoms with Crippen molar-refractivity contribution in [1.82, 2.24) is 10.6 Å². The molecule has 6 aliphatic carbocycles. The molecule has 1 aromatic carbocycles. The van der Waals surface area contributed by atoms with Crippen molar-refractivity contribution in [2.45, 2.75) is 164 Å². The van der Waals surface area contributed by atoms with E-state index in [2.05, 4.69) is 59.1 Å². The van der Waals surface area contributed by atoms with Gasteiger partial charge in [0.1, 0.15) is 11.6 Å². The van der Waals surface area contributed by atoms with Gasteiger partial charge in [0.25, 0.3) is 0 Å². The van der Waals surface area contributed by atoms with Gasteiger partial charge in [0.05, 0.1) is 23.8 Å². The summed E-state index contributed by atoms with van der Waals surface area (Å²) < 4.78 is 6.41. The zero-order valence-electron chi connectivity index (χ0n) is 37.4. The highest BCUT2D eigenvalue weighted by atomic mass is 35.5. The molecule has 0 spiro atoms. The number of amides is 2. The summed E-state index contributed by atoms with van der Waals surface area (Å²) in [5, 5.41) is 16.7. The Morgan fingerprint density at radius 3 is 2.12 bits per heavy atom. The third kappa shape index (κ3) is 6.72. The second-order valence-electron chi connectivity index (χ2n) is 22.5. The van der Waals surface area contributed by atoms with Crippen molar-refractivity contribution < 1.29 is 33.8 Å². The largest absolute Gasteiger partial charge is 0.481 e. The molecule has 1 aromatic rings. The van der Waals surface area contributed by atoms with Gasteiger partial charge in [0.15, 0.2) is 5.78 Å². The van der Waals surface area contributed by atoms with Gasteiger partial charge in [-0.25, -0.2) is 0 Å². The van der Waals surface area contributed by atoms with Gasteiger partial charge in [0.2, 0.25) is 11.8 Å². The molecule has 0 aliphatic heterocycles. The fraction of sp³-hybridized carbons (Fsp3) is 0.735. The van der Waals surface area contributed by atoms with E-state index in [0.717, 1.165) is 61.7 Å². The molecule has 59 heavy (non-hydrogen) atoms. The second kappa shape index (κ2) is 14.4. The maximum atomic E-state index is 14.4. The molecule has 0 radical (unpaired) electrons. The number of nitrogens with one attached hydrogen (secondary N) is 2. The molecule has 0 heterocycles. The first-order chi connectivity index (χ1) is 27.2. The van der Waals surface area contributed by atoms with Crippen molar-refractivity contribution in [3.05, 3.63) is 46.0 Å². The summed E-state index contributed by atoms with van der Waals surface area (Å²) in [7, 11) is 0. The highest BCUT2D eigenvalue weighted by molar-refractivity contribution is 6.30. The molecule has 10 heteroatoms. The number of hydrogen-bond acceptors (Lipinski definition) is 6. The average Bonchev–Trinajstić information content (AvgIpc) is 3.41. The van der Waals surface area contributed by atoms with Gasteiger partial charge in [0, 0.05) is 16.9 Å². The summed E-state index contributed by atoms with van der Waals surface area (Å²) >= 11 is 6.05. The summed E-state index contributed by atoms with van der Waals surface area (Å²) in [5.41, 5.74) is -0.140. The van der Waals surface area contributed by atoms with E-state index in [1.54, 1.807) is 26.0 Å². The molecule has 324 valence electrons. The van der Waals surface area contributed by atoms with E-state index in [0.29, 0.717) is 29.7 Å². The van der Waals surface area contributed by atoms with E-state index in [1.165, 1.54) is 0 Å². The Bertz CT molecular complexity index is 1970. The van der Waals surface area contributed by atoms with Crippen LogP contribution in [0.15, 0.2) is 35.4 Å².